The minimum Gasteiger partial charge on any atom is -0.346 e. The van der Waals surface area contributed by atoms with Gasteiger partial charge in [-0.2, -0.15) is 5.26 Å². The third kappa shape index (κ3) is 2.09. The molecule has 0 unspecified atom stereocenters. The molecule has 0 aliphatic heterocycles. The molecule has 0 radical (unpaired) electrons. The normalized spacial score (nSPS) is 31.8. The average Bonchev–Trinajstić information content (AvgIpc) is 3.17. The van der Waals surface area contributed by atoms with Gasteiger partial charge in [0.05, 0.1) is 28.8 Å². The van der Waals surface area contributed by atoms with Gasteiger partial charge in [-0.15, -0.1) is 0 Å². The average molecular weight is 349 g/mol. The van der Waals surface area contributed by atoms with Crippen LogP contribution in [-0.4, -0.2) is 19.5 Å². The van der Waals surface area contributed by atoms with Crippen molar-refractivity contribution in [2.24, 2.45) is 17.8 Å². The van der Waals surface area contributed by atoms with Crippen molar-refractivity contribution in [3.8, 4) is 6.07 Å². The summed E-state index contributed by atoms with van der Waals surface area (Å²) in [6.07, 6.45) is 11.4. The monoisotopic (exact) mass is 349 g/mol. The van der Waals surface area contributed by atoms with E-state index in [0.29, 0.717) is 0 Å². The molecular weight excluding hydrogens is 326 g/mol. The highest BCUT2D eigenvalue weighted by Crippen LogP contribution is 2.59. The summed E-state index contributed by atoms with van der Waals surface area (Å²) in [6, 6.07) is 3.80. The molecule has 3 aromatic rings. The van der Waals surface area contributed by atoms with Crippen molar-refractivity contribution in [2.75, 3.05) is 0 Å². The molecule has 0 saturated heterocycles. The molecule has 4 aliphatic rings. The zero-order valence-corrected chi connectivity index (χ0v) is 15.0. The molecule has 4 saturated carbocycles. The Morgan fingerprint density at radius 2 is 1.85 bits per heavy atom. The Bertz CT molecular complexity index is 1040. The topological polar surface area (TPSA) is 90.3 Å². The van der Waals surface area contributed by atoms with Gasteiger partial charge in [0.25, 0.3) is 0 Å². The van der Waals surface area contributed by atoms with Crippen LogP contribution in [0.1, 0.15) is 45.4 Å². The van der Waals surface area contributed by atoms with Gasteiger partial charge in [-0.25, -0.2) is 9.78 Å². The summed E-state index contributed by atoms with van der Waals surface area (Å²) in [5.41, 5.74) is 2.89. The van der Waals surface area contributed by atoms with Crippen LogP contribution in [0.15, 0.2) is 23.3 Å². The zero-order chi connectivity index (χ0) is 17.9. The molecule has 0 atom stereocenters. The van der Waals surface area contributed by atoms with Gasteiger partial charge in [0, 0.05) is 18.5 Å². The van der Waals surface area contributed by atoms with Crippen molar-refractivity contribution in [1.82, 2.24) is 19.5 Å². The second kappa shape index (κ2) is 5.47. The number of imidazole rings is 1. The van der Waals surface area contributed by atoms with E-state index in [9.17, 15) is 4.79 Å². The minimum atomic E-state index is 0.0373. The van der Waals surface area contributed by atoms with Crippen molar-refractivity contribution in [3.63, 3.8) is 0 Å². The molecule has 6 heteroatoms. The first kappa shape index (κ1) is 15.7. The second-order valence-electron chi connectivity index (χ2n) is 8.39. The molecule has 0 aromatic carbocycles. The van der Waals surface area contributed by atoms with E-state index in [0.717, 1.165) is 39.8 Å². The maximum atomic E-state index is 12.9. The highest BCUT2D eigenvalue weighted by atomic mass is 16.1. The number of nitrogens with one attached hydrogen (secondary N) is 2. The zero-order valence-electron chi connectivity index (χ0n) is 15.0. The molecule has 4 bridgehead atoms. The molecule has 26 heavy (non-hydrogen) atoms. The van der Waals surface area contributed by atoms with E-state index < -0.39 is 0 Å². The van der Waals surface area contributed by atoms with Crippen molar-refractivity contribution in [2.45, 2.75) is 51.0 Å². The van der Waals surface area contributed by atoms with E-state index in [1.165, 1.54) is 45.4 Å². The Labute approximate surface area is 151 Å². The van der Waals surface area contributed by atoms with E-state index >= 15 is 0 Å². The summed E-state index contributed by atoms with van der Waals surface area (Å²) < 4.78 is 2.13. The molecule has 3 heterocycles. The fourth-order valence-electron chi connectivity index (χ4n) is 6.39. The molecule has 6 nitrogen and oxygen atoms in total. The van der Waals surface area contributed by atoms with Gasteiger partial charge in [-0.1, -0.05) is 0 Å². The maximum absolute atomic E-state index is 12.9. The summed E-state index contributed by atoms with van der Waals surface area (Å²) in [5, 5.41) is 8.39. The van der Waals surface area contributed by atoms with Gasteiger partial charge in [0.1, 0.15) is 5.65 Å². The molecule has 4 fully saturated rings. The lowest BCUT2D eigenvalue weighted by molar-refractivity contribution is -0.0424. The van der Waals surface area contributed by atoms with Crippen molar-refractivity contribution in [3.05, 3.63) is 28.9 Å². The van der Waals surface area contributed by atoms with Crippen molar-refractivity contribution in [1.29, 1.82) is 5.26 Å². The Morgan fingerprint density at radius 3 is 2.46 bits per heavy atom. The maximum Gasteiger partial charge on any atom is 0.327 e. The fraction of sp³-hybridized carbons (Fsp3) is 0.550. The lowest BCUT2D eigenvalue weighted by Crippen LogP contribution is -2.54. The van der Waals surface area contributed by atoms with Gasteiger partial charge in [-0.3, -0.25) is 4.57 Å². The Hall–Kier alpha value is -2.55. The van der Waals surface area contributed by atoms with Crippen LogP contribution >= 0.6 is 0 Å². The number of pyridine rings is 1. The second-order valence-corrected chi connectivity index (χ2v) is 8.39. The summed E-state index contributed by atoms with van der Waals surface area (Å²) in [6.45, 7) is 1.43. The fourth-order valence-corrected chi connectivity index (χ4v) is 6.39. The largest absolute Gasteiger partial charge is 0.346 e. The smallest absolute Gasteiger partial charge is 0.327 e. The van der Waals surface area contributed by atoms with E-state index in [1.54, 1.807) is 12.3 Å². The number of hydrogen-bond donors (Lipinski definition) is 2. The molecule has 0 amide bonds. The predicted molar refractivity (Wildman–Crippen MR) is 99.6 cm³/mol. The molecule has 0 spiro atoms. The first-order valence-corrected chi connectivity index (χ1v) is 9.51. The Morgan fingerprint density at radius 1 is 1.23 bits per heavy atom. The van der Waals surface area contributed by atoms with Gasteiger partial charge in [0.2, 0.25) is 0 Å². The molecule has 4 aliphatic carbocycles. The molecule has 7 rings (SSSR count). The molecule has 2 N–H and O–H groups in total. The lowest BCUT2D eigenvalue weighted by Gasteiger charge is -2.57. The summed E-state index contributed by atoms with van der Waals surface area (Å²) in [7, 11) is 0. The third-order valence-electron chi connectivity index (χ3n) is 6.71. The van der Waals surface area contributed by atoms with E-state index in [1.807, 2.05) is 6.20 Å². The predicted octanol–water partition coefficient (Wildman–Crippen LogP) is 3.66. The number of fused-ring (bicyclic) bond motifs is 3. The van der Waals surface area contributed by atoms with Crippen LogP contribution < -0.4 is 5.69 Å². The number of nitriles is 1. The van der Waals surface area contributed by atoms with Crippen LogP contribution in [0.5, 0.6) is 0 Å². The molecular formula is C20H23N5O. The quantitative estimate of drug-likeness (QED) is 0.702. The Kier molecular flexibility index (Phi) is 3.30. The summed E-state index contributed by atoms with van der Waals surface area (Å²) in [4.78, 5) is 23.6. The first-order chi connectivity index (χ1) is 12.6. The van der Waals surface area contributed by atoms with Crippen LogP contribution in [-0.2, 0) is 5.54 Å². The van der Waals surface area contributed by atoms with Crippen LogP contribution in [0.4, 0.5) is 0 Å². The van der Waals surface area contributed by atoms with Crippen molar-refractivity contribution < 1.29 is 0 Å². The van der Waals surface area contributed by atoms with Gasteiger partial charge >= 0.3 is 5.69 Å². The van der Waals surface area contributed by atoms with E-state index in [4.69, 9.17) is 5.26 Å². The summed E-state index contributed by atoms with van der Waals surface area (Å²) in [5.74, 6) is 2.46. The van der Waals surface area contributed by atoms with Crippen molar-refractivity contribution >= 4 is 22.1 Å². The summed E-state index contributed by atoms with van der Waals surface area (Å²) >= 11 is 0. The standard InChI is InChI=1S/C18H20N4O.C2H3N/c23-17-21-14-9-20-16-13(1-2-19-16)15(14)22(17)18-6-10-3-11(7-18)5-12(4-10)8-18;1-2-3/h1-2,9-12H,3-8H2,(H,19,20)(H,21,23);1H3. The molecule has 134 valence electrons. The minimum absolute atomic E-state index is 0.0373. The number of hydrogen-bond acceptors (Lipinski definition) is 3. The van der Waals surface area contributed by atoms with Crippen LogP contribution in [0.25, 0.3) is 22.1 Å². The number of rotatable bonds is 1. The van der Waals surface area contributed by atoms with Crippen LogP contribution in [0, 0.1) is 29.1 Å². The number of aromatic nitrogens is 4. The van der Waals surface area contributed by atoms with Gasteiger partial charge in [0.15, 0.2) is 0 Å². The van der Waals surface area contributed by atoms with E-state index in [2.05, 4.69) is 25.6 Å². The number of H-pyrrole nitrogens is 2. The lowest BCUT2D eigenvalue weighted by atomic mass is 9.53. The Balaban J connectivity index is 0.000000471. The number of nitrogens with zero attached hydrogens (tertiary/aromatic N) is 3. The van der Waals surface area contributed by atoms with Gasteiger partial charge < -0.3 is 9.97 Å². The third-order valence-corrected chi connectivity index (χ3v) is 6.71. The van der Waals surface area contributed by atoms with Crippen LogP contribution in [0.2, 0.25) is 0 Å². The highest BCUT2D eigenvalue weighted by molar-refractivity contribution is 6.01. The van der Waals surface area contributed by atoms with Crippen LogP contribution in [0.3, 0.4) is 0 Å². The van der Waals surface area contributed by atoms with Gasteiger partial charge in [-0.05, 0) is 62.3 Å². The number of aromatic amines is 2. The van der Waals surface area contributed by atoms with E-state index in [-0.39, 0.29) is 11.2 Å². The SMILES string of the molecule is CC#N.O=c1[nH]c2cnc3[nH]ccc3c2n1C12CC3CC(CC(C3)C1)C2. The molecule has 3 aromatic heterocycles. The highest BCUT2D eigenvalue weighted by Gasteiger charge is 2.53. The first-order valence-electron chi connectivity index (χ1n) is 9.51.